The summed E-state index contributed by atoms with van der Waals surface area (Å²) < 4.78 is 23.1. The minimum Gasteiger partial charge on any atom is -0.472 e. The summed E-state index contributed by atoms with van der Waals surface area (Å²) in [4.78, 5) is 53.7. The molecule has 4 aliphatic carbocycles. The Morgan fingerprint density at radius 3 is 2.30 bits per heavy atom. The van der Waals surface area contributed by atoms with Gasteiger partial charge in [-0.15, -0.1) is 0 Å². The highest BCUT2D eigenvalue weighted by molar-refractivity contribution is 5.96. The third-order valence-electron chi connectivity index (χ3n) is 12.1. The Balaban J connectivity index is 1.53. The number of carbonyl (C=O) groups is 4. The molecule has 1 unspecified atom stereocenters. The number of carbonyl (C=O) groups excluding carboxylic acids is 4. The van der Waals surface area contributed by atoms with Crippen molar-refractivity contribution in [3.63, 3.8) is 0 Å². The van der Waals surface area contributed by atoms with Gasteiger partial charge in [0.1, 0.15) is 23.6 Å². The molecule has 11 nitrogen and oxygen atoms in total. The van der Waals surface area contributed by atoms with Crippen molar-refractivity contribution in [2.75, 3.05) is 0 Å². The number of hydrogen-bond acceptors (Lipinski definition) is 11. The van der Waals surface area contributed by atoms with Gasteiger partial charge in [0.15, 0.2) is 5.78 Å². The monoisotopic (exact) mass is 602 g/mol. The van der Waals surface area contributed by atoms with Gasteiger partial charge in [-0.1, -0.05) is 27.7 Å². The summed E-state index contributed by atoms with van der Waals surface area (Å²) >= 11 is 0. The molecule has 0 spiro atoms. The summed E-state index contributed by atoms with van der Waals surface area (Å²) in [6.07, 6.45) is -3.32. The Kier molecular flexibility index (Phi) is 6.86. The highest BCUT2D eigenvalue weighted by Gasteiger charge is 2.81. The summed E-state index contributed by atoms with van der Waals surface area (Å²) in [5, 5.41) is 36.1. The maximum Gasteiger partial charge on any atom is 0.310 e. The third-order valence-corrected chi connectivity index (χ3v) is 12.1. The second kappa shape index (κ2) is 9.70. The van der Waals surface area contributed by atoms with Crippen LogP contribution in [0.25, 0.3) is 0 Å². The van der Waals surface area contributed by atoms with Gasteiger partial charge < -0.3 is 33.9 Å². The normalized spacial score (nSPS) is 48.7. The lowest BCUT2D eigenvalue weighted by atomic mass is 9.34. The third kappa shape index (κ3) is 3.80. The van der Waals surface area contributed by atoms with Crippen LogP contribution in [0, 0.1) is 39.9 Å². The molecule has 2 heterocycles. The topological polar surface area (TPSA) is 170 Å². The van der Waals surface area contributed by atoms with Crippen LogP contribution in [0.3, 0.4) is 0 Å². The molecule has 6 rings (SSSR count). The van der Waals surface area contributed by atoms with Crippen molar-refractivity contribution in [1.29, 1.82) is 0 Å². The van der Waals surface area contributed by atoms with E-state index in [0.29, 0.717) is 5.56 Å². The Morgan fingerprint density at radius 2 is 1.70 bits per heavy atom. The fourth-order valence-corrected chi connectivity index (χ4v) is 10.4. The molecule has 1 saturated heterocycles. The molecule has 1 aromatic rings. The van der Waals surface area contributed by atoms with E-state index in [9.17, 15) is 34.5 Å². The zero-order chi connectivity index (χ0) is 31.4. The number of furan rings is 1. The molecule has 5 aliphatic rings. The van der Waals surface area contributed by atoms with Crippen LogP contribution in [0.2, 0.25) is 0 Å². The van der Waals surface area contributed by atoms with Gasteiger partial charge in [-0.3, -0.25) is 19.2 Å². The molecule has 4 saturated carbocycles. The van der Waals surface area contributed by atoms with Crippen LogP contribution in [0.1, 0.15) is 78.7 Å². The lowest BCUT2D eigenvalue weighted by molar-refractivity contribution is -0.373. The van der Waals surface area contributed by atoms with Crippen molar-refractivity contribution < 1.29 is 53.1 Å². The molecule has 0 aromatic carbocycles. The van der Waals surface area contributed by atoms with E-state index in [4.69, 9.17) is 18.6 Å². The van der Waals surface area contributed by atoms with Gasteiger partial charge in [-0.25, -0.2) is 0 Å². The van der Waals surface area contributed by atoms with Crippen molar-refractivity contribution in [2.45, 2.75) is 109 Å². The Labute approximate surface area is 250 Å². The van der Waals surface area contributed by atoms with Crippen molar-refractivity contribution in [3.8, 4) is 0 Å². The van der Waals surface area contributed by atoms with Crippen molar-refractivity contribution >= 4 is 23.5 Å². The standard InChI is InChI=1S/C32H42O11/c1-14(2)28(39)42-23-12-32-19(31(6,43-23)22(11-21(32)36)41-15(3)33)10-20(35)30(5)25-18(34)9-17(16-7-8-40-13-16)29(25,4)27(38)24(37)26(30)32/h7-8,13-14,17,19-23,25-27,35-36,38H,9-12H2,1-6H3/t17-,19-,20+,21-,22+,23-,25+,26-,27?,29-,30-,31+,32+/m0/s1. The second-order valence-electron chi connectivity index (χ2n) is 14.5. The maximum absolute atomic E-state index is 14.7. The summed E-state index contributed by atoms with van der Waals surface area (Å²) in [6.45, 7) is 9.73. The molecule has 3 N–H and O–H groups in total. The highest BCUT2D eigenvalue weighted by Crippen LogP contribution is 2.75. The van der Waals surface area contributed by atoms with Crippen LogP contribution in [0.5, 0.6) is 0 Å². The Bertz CT molecular complexity index is 1340. The molecule has 11 heteroatoms. The van der Waals surface area contributed by atoms with Crippen LogP contribution in [-0.2, 0) is 33.4 Å². The molecule has 236 valence electrons. The van der Waals surface area contributed by atoms with E-state index in [2.05, 4.69) is 0 Å². The van der Waals surface area contributed by atoms with E-state index in [1.54, 1.807) is 40.7 Å². The van der Waals surface area contributed by atoms with Crippen LogP contribution < -0.4 is 0 Å². The fraction of sp³-hybridized carbons (Fsp3) is 0.750. The average molecular weight is 603 g/mol. The van der Waals surface area contributed by atoms with Gasteiger partial charge in [0, 0.05) is 66.1 Å². The largest absolute Gasteiger partial charge is 0.472 e. The highest BCUT2D eigenvalue weighted by atomic mass is 16.7. The number of aliphatic hydroxyl groups is 3. The minimum atomic E-state index is -1.59. The van der Waals surface area contributed by atoms with E-state index in [1.807, 2.05) is 0 Å². The number of ether oxygens (including phenoxy) is 3. The van der Waals surface area contributed by atoms with E-state index in [-0.39, 0.29) is 31.5 Å². The van der Waals surface area contributed by atoms with Gasteiger partial charge >= 0.3 is 11.9 Å². The molecular weight excluding hydrogens is 560 g/mol. The van der Waals surface area contributed by atoms with E-state index >= 15 is 0 Å². The van der Waals surface area contributed by atoms with E-state index in [1.165, 1.54) is 19.5 Å². The number of Topliss-reactive ketones (excluding diaryl/α,β-unsaturated/α-hetero) is 2. The van der Waals surface area contributed by atoms with Crippen LogP contribution in [-0.4, -0.2) is 75.1 Å². The van der Waals surface area contributed by atoms with Gasteiger partial charge in [0.05, 0.1) is 30.7 Å². The lowest BCUT2D eigenvalue weighted by Gasteiger charge is -2.72. The van der Waals surface area contributed by atoms with Crippen LogP contribution in [0.15, 0.2) is 23.0 Å². The van der Waals surface area contributed by atoms with Gasteiger partial charge in [-0.2, -0.15) is 0 Å². The summed E-state index contributed by atoms with van der Waals surface area (Å²) in [5.41, 5.74) is -4.66. The maximum atomic E-state index is 14.7. The Hall–Kier alpha value is -2.60. The number of esters is 2. The molecule has 2 bridgehead atoms. The van der Waals surface area contributed by atoms with Crippen molar-refractivity contribution in [2.24, 2.45) is 39.9 Å². The predicted octanol–water partition coefficient (Wildman–Crippen LogP) is 2.29. The molecule has 1 aliphatic heterocycles. The van der Waals surface area contributed by atoms with Gasteiger partial charge in [0.25, 0.3) is 0 Å². The molecule has 0 radical (unpaired) electrons. The molecule has 43 heavy (non-hydrogen) atoms. The minimum absolute atomic E-state index is 0.0305. The first-order valence-corrected chi connectivity index (χ1v) is 15.2. The average Bonchev–Trinajstić information content (AvgIpc) is 3.53. The number of hydrogen-bond donors (Lipinski definition) is 3. The lowest BCUT2D eigenvalue weighted by Crippen LogP contribution is -2.80. The first-order valence-electron chi connectivity index (χ1n) is 15.2. The number of aliphatic hydroxyl groups excluding tert-OH is 3. The van der Waals surface area contributed by atoms with Crippen molar-refractivity contribution in [1.82, 2.24) is 0 Å². The molecule has 13 atom stereocenters. The number of fused-ring (bicyclic) bond motifs is 3. The SMILES string of the molecule is CC(=O)O[C@@H]1C[C@H](O)[C@@]23C[C@@H](OC(=O)C(C)C)O[C@]1(C)[C@@H]2C[C@@H](O)[C@@]1(C)[C@@H]2C(=O)C[C@@H](c4ccoc4)[C@]2(C)C(O)C(=O)[C@@H]13. The van der Waals surface area contributed by atoms with Gasteiger partial charge in [0.2, 0.25) is 6.29 Å². The number of ketones is 2. The first-order chi connectivity index (χ1) is 20.0. The fourth-order valence-electron chi connectivity index (χ4n) is 10.4. The van der Waals surface area contributed by atoms with E-state index < -0.39 is 99.9 Å². The van der Waals surface area contributed by atoms with Crippen LogP contribution in [0.4, 0.5) is 0 Å². The quantitative estimate of drug-likeness (QED) is 0.432. The molecule has 5 fully saturated rings. The zero-order valence-electron chi connectivity index (χ0n) is 25.4. The van der Waals surface area contributed by atoms with Crippen LogP contribution >= 0.6 is 0 Å². The van der Waals surface area contributed by atoms with Gasteiger partial charge in [-0.05, 0) is 25.0 Å². The summed E-state index contributed by atoms with van der Waals surface area (Å²) in [7, 11) is 0. The van der Waals surface area contributed by atoms with Crippen molar-refractivity contribution in [3.05, 3.63) is 24.2 Å². The summed E-state index contributed by atoms with van der Waals surface area (Å²) in [5.74, 6) is -5.76. The second-order valence-corrected chi connectivity index (χ2v) is 14.5. The Morgan fingerprint density at radius 1 is 1.00 bits per heavy atom. The molecule has 1 aromatic heterocycles. The van der Waals surface area contributed by atoms with E-state index in [0.717, 1.165) is 0 Å². The predicted molar refractivity (Wildman–Crippen MR) is 147 cm³/mol. The number of rotatable bonds is 4. The summed E-state index contributed by atoms with van der Waals surface area (Å²) in [6, 6.07) is 1.72. The smallest absolute Gasteiger partial charge is 0.310 e. The molecular formula is C32H42O11. The molecule has 0 amide bonds. The first kappa shape index (κ1) is 30.4. The zero-order valence-corrected chi connectivity index (χ0v) is 25.4.